The predicted molar refractivity (Wildman–Crippen MR) is 189 cm³/mol. The molecule has 5 nitrogen and oxygen atoms in total. The number of aryl methyl sites for hydroxylation is 3. The third kappa shape index (κ3) is 22.1. The van der Waals surface area contributed by atoms with Crippen LogP contribution in [0.2, 0.25) is 0 Å². The summed E-state index contributed by atoms with van der Waals surface area (Å²) >= 11 is 0. The van der Waals surface area contributed by atoms with Gasteiger partial charge in [0.15, 0.2) is 11.9 Å². The topological polar surface area (TPSA) is 78.5 Å². The molecular weight excluding hydrogens is 566 g/mol. The highest BCUT2D eigenvalue weighted by Crippen LogP contribution is 2.24. The van der Waals surface area contributed by atoms with Crippen LogP contribution in [0.3, 0.4) is 0 Å². The molecule has 2 N–H and O–H groups in total. The van der Waals surface area contributed by atoms with Crippen molar-refractivity contribution in [3.63, 3.8) is 0 Å². The summed E-state index contributed by atoms with van der Waals surface area (Å²) < 4.78 is 34.0. The van der Waals surface area contributed by atoms with Crippen LogP contribution in [0.15, 0.2) is 30.5 Å². The van der Waals surface area contributed by atoms with Crippen LogP contribution in [0.25, 0.3) is 10.8 Å². The lowest BCUT2D eigenvalue weighted by Crippen LogP contribution is -2.34. The van der Waals surface area contributed by atoms with Crippen LogP contribution in [-0.2, 0) is 30.3 Å². The molecule has 1 heterocycles. The Morgan fingerprint density at radius 2 is 0.841 bits per heavy atom. The number of pyridine rings is 1. The number of fused-ring (bicyclic) bond motifs is 1. The monoisotopic (exact) mass is 634 g/mol. The molecule has 0 atom stereocenters. The van der Waals surface area contributed by atoms with Crippen molar-refractivity contribution in [3.8, 4) is 0 Å². The van der Waals surface area contributed by atoms with Crippen LogP contribution in [0.5, 0.6) is 0 Å². The average molecular weight is 635 g/mol. The Morgan fingerprint density at radius 3 is 1.23 bits per heavy atom. The van der Waals surface area contributed by atoms with Gasteiger partial charge in [-0.15, -0.1) is 0 Å². The highest BCUT2D eigenvalue weighted by atomic mass is 32.3. The molecule has 0 aliphatic carbocycles. The molecule has 0 spiro atoms. The fourth-order valence-electron chi connectivity index (χ4n) is 6.39. The van der Waals surface area contributed by atoms with E-state index in [9.17, 15) is 0 Å². The smallest absolute Gasteiger partial charge is 0.264 e. The summed E-state index contributed by atoms with van der Waals surface area (Å²) in [5.74, 6) is 0. The lowest BCUT2D eigenvalue weighted by molar-refractivity contribution is -0.678. The molecule has 0 unspecified atom stereocenters. The second-order valence-corrected chi connectivity index (χ2v) is 13.9. The fourth-order valence-corrected chi connectivity index (χ4v) is 6.39. The van der Waals surface area contributed by atoms with Gasteiger partial charge in [0.2, 0.25) is 0 Å². The first-order chi connectivity index (χ1) is 21.3. The predicted octanol–water partition coefficient (Wildman–Crippen LogP) is 11.5. The van der Waals surface area contributed by atoms with Crippen molar-refractivity contribution < 1.29 is 22.1 Å². The minimum atomic E-state index is -4.67. The molecule has 1 aromatic carbocycles. The van der Waals surface area contributed by atoms with E-state index in [0.29, 0.717) is 0 Å². The lowest BCUT2D eigenvalue weighted by Gasteiger charge is -2.10. The molecule has 0 aliphatic rings. The van der Waals surface area contributed by atoms with E-state index in [2.05, 4.69) is 55.9 Å². The zero-order valence-electron chi connectivity index (χ0n) is 28.8. The van der Waals surface area contributed by atoms with E-state index in [1.165, 1.54) is 183 Å². The standard InChI is InChI=1S/C38H66N.H2O4S/c1-4-6-8-10-12-14-16-18-20-22-24-26-30-35-34-39(3)38(37-32-29-28-31-36(35)37)33-27-25-23-21-19-17-15-13-11-9-7-5-2;1-5(2,3)4/h28-29,31-32,34H,4-27,30,33H2,1-3H3;(H2,1,2,3,4)/q+1;. The molecule has 0 amide bonds. The Bertz CT molecular complexity index is 1060. The highest BCUT2D eigenvalue weighted by molar-refractivity contribution is 7.79. The fraction of sp³-hybridized carbons (Fsp3) is 0.763. The molecule has 254 valence electrons. The zero-order valence-corrected chi connectivity index (χ0v) is 29.7. The molecule has 0 bridgehead atoms. The second kappa shape index (κ2) is 26.7. The maximum atomic E-state index is 8.74. The first-order valence-corrected chi connectivity index (χ1v) is 19.8. The van der Waals surface area contributed by atoms with Crippen molar-refractivity contribution in [2.24, 2.45) is 7.05 Å². The molecular formula is C38H68NO4S+. The van der Waals surface area contributed by atoms with Gasteiger partial charge in [-0.1, -0.05) is 173 Å². The van der Waals surface area contributed by atoms with Gasteiger partial charge in [-0.25, -0.2) is 4.57 Å². The van der Waals surface area contributed by atoms with E-state index in [1.807, 2.05) is 0 Å². The van der Waals surface area contributed by atoms with Crippen molar-refractivity contribution >= 4 is 21.2 Å². The summed E-state index contributed by atoms with van der Waals surface area (Å²) in [6.45, 7) is 4.61. The highest BCUT2D eigenvalue weighted by Gasteiger charge is 2.16. The molecule has 44 heavy (non-hydrogen) atoms. The van der Waals surface area contributed by atoms with Crippen molar-refractivity contribution in [1.29, 1.82) is 0 Å². The first-order valence-electron chi connectivity index (χ1n) is 18.4. The maximum Gasteiger partial charge on any atom is 0.394 e. The summed E-state index contributed by atoms with van der Waals surface area (Å²) in [6.07, 6.45) is 39.0. The molecule has 0 saturated carbocycles. The molecule has 2 aromatic rings. The maximum absolute atomic E-state index is 8.74. The van der Waals surface area contributed by atoms with Gasteiger partial charge in [-0.2, -0.15) is 8.42 Å². The van der Waals surface area contributed by atoms with Crippen molar-refractivity contribution in [2.75, 3.05) is 0 Å². The minimum absolute atomic E-state index is 1.22. The van der Waals surface area contributed by atoms with Crippen LogP contribution in [0, 0.1) is 0 Å². The number of aromatic nitrogens is 1. The Balaban J connectivity index is 0.00000178. The Morgan fingerprint density at radius 1 is 0.523 bits per heavy atom. The normalized spacial score (nSPS) is 11.6. The van der Waals surface area contributed by atoms with Crippen LogP contribution >= 0.6 is 0 Å². The average Bonchev–Trinajstić information content (AvgIpc) is 2.98. The molecule has 2 rings (SSSR count). The third-order valence-electron chi connectivity index (χ3n) is 8.93. The van der Waals surface area contributed by atoms with E-state index in [-0.39, 0.29) is 0 Å². The largest absolute Gasteiger partial charge is 0.394 e. The van der Waals surface area contributed by atoms with E-state index in [4.69, 9.17) is 17.5 Å². The van der Waals surface area contributed by atoms with Gasteiger partial charge >= 0.3 is 10.4 Å². The van der Waals surface area contributed by atoms with Crippen LogP contribution < -0.4 is 4.57 Å². The molecule has 0 saturated heterocycles. The third-order valence-corrected chi connectivity index (χ3v) is 8.93. The number of rotatable bonds is 26. The Hall–Kier alpha value is -1.50. The van der Waals surface area contributed by atoms with E-state index in [1.54, 1.807) is 5.56 Å². The lowest BCUT2D eigenvalue weighted by atomic mass is 9.97. The van der Waals surface area contributed by atoms with Crippen molar-refractivity contribution in [2.45, 2.75) is 181 Å². The van der Waals surface area contributed by atoms with Gasteiger partial charge < -0.3 is 0 Å². The number of benzene rings is 1. The van der Waals surface area contributed by atoms with Gasteiger partial charge in [0.25, 0.3) is 0 Å². The summed E-state index contributed by atoms with van der Waals surface area (Å²) in [5, 5.41) is 3.01. The number of nitrogens with zero attached hydrogens (tertiary/aromatic N) is 1. The summed E-state index contributed by atoms with van der Waals surface area (Å²) in [6, 6.07) is 9.22. The summed E-state index contributed by atoms with van der Waals surface area (Å²) in [7, 11) is -2.38. The van der Waals surface area contributed by atoms with E-state index >= 15 is 0 Å². The number of unbranched alkanes of at least 4 members (excludes halogenated alkanes) is 22. The Labute approximate surface area is 272 Å². The van der Waals surface area contributed by atoms with Gasteiger partial charge in [-0.05, 0) is 30.7 Å². The van der Waals surface area contributed by atoms with E-state index in [0.717, 1.165) is 0 Å². The summed E-state index contributed by atoms with van der Waals surface area (Å²) in [5.41, 5.74) is 3.09. The van der Waals surface area contributed by atoms with Crippen LogP contribution in [0.4, 0.5) is 0 Å². The summed E-state index contributed by atoms with van der Waals surface area (Å²) in [4.78, 5) is 0. The molecule has 1 aromatic heterocycles. The Kier molecular flexibility index (Phi) is 24.6. The molecule has 0 aliphatic heterocycles. The van der Waals surface area contributed by atoms with Crippen LogP contribution in [-0.4, -0.2) is 17.5 Å². The SMILES string of the molecule is CCCCCCCCCCCCCCc1c[n+](C)c(CCCCCCCCCCCCCC)c2ccccc12.O=S(=O)(O)O. The van der Waals surface area contributed by atoms with Crippen LogP contribution in [0.1, 0.15) is 179 Å². The minimum Gasteiger partial charge on any atom is -0.264 e. The van der Waals surface area contributed by atoms with E-state index < -0.39 is 10.4 Å². The quantitative estimate of drug-likeness (QED) is 0.0613. The van der Waals surface area contributed by atoms with Gasteiger partial charge in [-0.3, -0.25) is 9.11 Å². The van der Waals surface area contributed by atoms with Gasteiger partial charge in [0, 0.05) is 17.4 Å². The molecule has 0 radical (unpaired) electrons. The van der Waals surface area contributed by atoms with Crippen molar-refractivity contribution in [3.05, 3.63) is 41.7 Å². The van der Waals surface area contributed by atoms with Crippen molar-refractivity contribution in [1.82, 2.24) is 0 Å². The number of hydrogen-bond donors (Lipinski definition) is 2. The van der Waals surface area contributed by atoms with Gasteiger partial charge in [0.05, 0.1) is 0 Å². The molecule has 6 heteroatoms. The second-order valence-electron chi connectivity index (χ2n) is 13.0. The van der Waals surface area contributed by atoms with Gasteiger partial charge in [0.1, 0.15) is 7.05 Å². The molecule has 0 fully saturated rings. The first kappa shape index (κ1) is 40.5. The number of hydrogen-bond acceptors (Lipinski definition) is 2. The zero-order chi connectivity index (χ0) is 32.3.